The average Bonchev–Trinajstić information content (AvgIpc) is 2.73. The van der Waals surface area contributed by atoms with E-state index in [0.717, 1.165) is 22.8 Å². The number of aliphatic imine (C=N–C) groups is 1. The summed E-state index contributed by atoms with van der Waals surface area (Å²) in [6, 6.07) is 16.4. The van der Waals surface area contributed by atoms with E-state index < -0.39 is 0 Å². The van der Waals surface area contributed by atoms with Gasteiger partial charge in [0, 0.05) is 41.5 Å². The van der Waals surface area contributed by atoms with Crippen LogP contribution in [0.1, 0.15) is 16.7 Å². The van der Waals surface area contributed by atoms with E-state index in [0.29, 0.717) is 6.54 Å². The van der Waals surface area contributed by atoms with E-state index in [-0.39, 0.29) is 0 Å². The topological polar surface area (TPSA) is 15.6 Å². The molecule has 4 rings (SSSR count). The second kappa shape index (κ2) is 5.71. The number of fused-ring (bicyclic) bond motifs is 3. The fourth-order valence-electron chi connectivity index (χ4n) is 3.14. The minimum Gasteiger partial charge on any atom is -0.376 e. The molecule has 2 aliphatic rings. The van der Waals surface area contributed by atoms with Gasteiger partial charge in [-0.1, -0.05) is 54.1 Å². The Morgan fingerprint density at radius 2 is 1.74 bits per heavy atom. The molecular weight excluding hydrogens is 304 g/mol. The van der Waals surface area contributed by atoms with Crippen LogP contribution in [-0.2, 0) is 0 Å². The molecule has 0 unspecified atom stereocenters. The summed E-state index contributed by atoms with van der Waals surface area (Å²) in [5.41, 5.74) is 7.16. The second-order valence-corrected chi connectivity index (χ2v) is 6.37. The van der Waals surface area contributed by atoms with Crippen molar-refractivity contribution in [1.29, 1.82) is 0 Å². The van der Waals surface area contributed by atoms with Gasteiger partial charge in [0.15, 0.2) is 0 Å². The number of halogens is 1. The highest BCUT2D eigenvalue weighted by molar-refractivity contribution is 6.30. The van der Waals surface area contributed by atoms with E-state index >= 15 is 0 Å². The van der Waals surface area contributed by atoms with Gasteiger partial charge in [0.05, 0.1) is 12.3 Å². The maximum atomic E-state index is 6.03. The maximum Gasteiger partial charge on any atom is 0.0729 e. The van der Waals surface area contributed by atoms with Gasteiger partial charge in [-0.25, -0.2) is 0 Å². The van der Waals surface area contributed by atoms with Crippen molar-refractivity contribution in [3.63, 3.8) is 0 Å². The quantitative estimate of drug-likeness (QED) is 0.760. The van der Waals surface area contributed by atoms with Crippen LogP contribution >= 0.6 is 11.6 Å². The van der Waals surface area contributed by atoms with Crippen LogP contribution in [0.5, 0.6) is 0 Å². The van der Waals surface area contributed by atoms with Crippen LogP contribution < -0.4 is 0 Å². The fraction of sp³-hybridized carbons (Fsp3) is 0.150. The van der Waals surface area contributed by atoms with Gasteiger partial charge >= 0.3 is 0 Å². The molecule has 0 aromatic heterocycles. The van der Waals surface area contributed by atoms with Crippen molar-refractivity contribution in [2.75, 3.05) is 20.1 Å². The number of rotatable bonds is 1. The Morgan fingerprint density at radius 1 is 1.00 bits per heavy atom. The molecule has 114 valence electrons. The summed E-state index contributed by atoms with van der Waals surface area (Å²) in [7, 11) is 2.11. The summed E-state index contributed by atoms with van der Waals surface area (Å²) in [4.78, 5) is 7.13. The molecule has 0 radical (unpaired) electrons. The molecule has 0 fully saturated rings. The van der Waals surface area contributed by atoms with Crippen LogP contribution in [0.2, 0.25) is 5.02 Å². The van der Waals surface area contributed by atoms with Crippen LogP contribution in [0.25, 0.3) is 5.57 Å². The molecule has 0 saturated heterocycles. The van der Waals surface area contributed by atoms with E-state index in [9.17, 15) is 0 Å². The molecule has 3 heteroatoms. The van der Waals surface area contributed by atoms with Gasteiger partial charge in [0.2, 0.25) is 0 Å². The van der Waals surface area contributed by atoms with Crippen LogP contribution in [0, 0.1) is 0 Å². The third-order valence-electron chi connectivity index (χ3n) is 4.32. The highest BCUT2D eigenvalue weighted by Crippen LogP contribution is 2.33. The lowest BCUT2D eigenvalue weighted by Crippen LogP contribution is -2.17. The number of likely N-dealkylation sites (N-methyl/N-ethyl adjacent to an activating group) is 1. The molecule has 2 aromatic rings. The van der Waals surface area contributed by atoms with Crippen molar-refractivity contribution >= 4 is 22.9 Å². The Morgan fingerprint density at radius 3 is 2.52 bits per heavy atom. The lowest BCUT2D eigenvalue weighted by Gasteiger charge is -2.22. The van der Waals surface area contributed by atoms with Crippen molar-refractivity contribution in [3.05, 3.63) is 88.1 Å². The highest BCUT2D eigenvalue weighted by Gasteiger charge is 2.22. The number of hydrogen-bond acceptors (Lipinski definition) is 2. The van der Waals surface area contributed by atoms with E-state index in [4.69, 9.17) is 16.6 Å². The first kappa shape index (κ1) is 14.3. The van der Waals surface area contributed by atoms with E-state index in [1.165, 1.54) is 22.3 Å². The standard InChI is InChI=1S/C20H17ClN2/c1-23-11-10-15-12-22-20(14-6-8-16(21)9-7-14)18-5-3-2-4-17(18)19(15)13-23/h2-10,13H,11-12H2,1H3. The summed E-state index contributed by atoms with van der Waals surface area (Å²) in [6.07, 6.45) is 4.51. The fourth-order valence-corrected chi connectivity index (χ4v) is 3.27. The number of hydrogen-bond donors (Lipinski definition) is 0. The SMILES string of the molecule is CN1C=C2C(=CC1)CN=C(c1ccc(Cl)cc1)c1ccccc12. The Balaban J connectivity index is 1.91. The van der Waals surface area contributed by atoms with Crippen molar-refractivity contribution < 1.29 is 0 Å². The van der Waals surface area contributed by atoms with Crippen molar-refractivity contribution in [1.82, 2.24) is 4.90 Å². The van der Waals surface area contributed by atoms with Crippen LogP contribution in [-0.4, -0.2) is 30.7 Å². The van der Waals surface area contributed by atoms with Gasteiger partial charge in [0.25, 0.3) is 0 Å². The third kappa shape index (κ3) is 2.60. The van der Waals surface area contributed by atoms with Gasteiger partial charge in [-0.15, -0.1) is 0 Å². The zero-order valence-corrected chi connectivity index (χ0v) is 13.7. The first-order valence-corrected chi connectivity index (χ1v) is 8.12. The van der Waals surface area contributed by atoms with Crippen molar-refractivity contribution in [2.24, 2.45) is 4.99 Å². The second-order valence-electron chi connectivity index (χ2n) is 5.93. The Kier molecular flexibility index (Phi) is 3.55. The Hall–Kier alpha value is -2.32. The molecule has 0 atom stereocenters. The molecule has 2 heterocycles. The molecule has 0 amide bonds. The van der Waals surface area contributed by atoms with Crippen LogP contribution in [0.4, 0.5) is 0 Å². The zero-order chi connectivity index (χ0) is 15.8. The lowest BCUT2D eigenvalue weighted by atomic mass is 9.90. The normalized spacial score (nSPS) is 16.6. The third-order valence-corrected chi connectivity index (χ3v) is 4.57. The molecule has 0 spiro atoms. The highest BCUT2D eigenvalue weighted by atomic mass is 35.5. The predicted octanol–water partition coefficient (Wildman–Crippen LogP) is 4.40. The first-order chi connectivity index (χ1) is 11.2. The van der Waals surface area contributed by atoms with Gasteiger partial charge < -0.3 is 4.90 Å². The summed E-state index contributed by atoms with van der Waals surface area (Å²) in [5, 5.41) is 0.747. The monoisotopic (exact) mass is 320 g/mol. The van der Waals surface area contributed by atoms with Crippen LogP contribution in [0.15, 0.2) is 71.4 Å². The molecule has 0 N–H and O–H groups in total. The molecule has 0 bridgehead atoms. The molecule has 23 heavy (non-hydrogen) atoms. The summed E-state index contributed by atoms with van der Waals surface area (Å²) >= 11 is 6.03. The largest absolute Gasteiger partial charge is 0.376 e. The van der Waals surface area contributed by atoms with Gasteiger partial charge in [-0.2, -0.15) is 0 Å². The summed E-state index contributed by atoms with van der Waals surface area (Å²) in [6.45, 7) is 1.65. The summed E-state index contributed by atoms with van der Waals surface area (Å²) in [5.74, 6) is 0. The average molecular weight is 321 g/mol. The molecular formula is C20H17ClN2. The first-order valence-electron chi connectivity index (χ1n) is 7.74. The van der Waals surface area contributed by atoms with Crippen molar-refractivity contribution in [2.45, 2.75) is 0 Å². The molecule has 2 nitrogen and oxygen atoms in total. The van der Waals surface area contributed by atoms with E-state index in [1.54, 1.807) is 0 Å². The Labute approximate surface area is 141 Å². The van der Waals surface area contributed by atoms with Crippen molar-refractivity contribution in [3.8, 4) is 0 Å². The molecule has 0 saturated carbocycles. The smallest absolute Gasteiger partial charge is 0.0729 e. The maximum absolute atomic E-state index is 6.03. The van der Waals surface area contributed by atoms with Gasteiger partial charge in [-0.3, -0.25) is 4.99 Å². The minimum absolute atomic E-state index is 0.715. The molecule has 2 aromatic carbocycles. The molecule has 2 aliphatic heterocycles. The zero-order valence-electron chi connectivity index (χ0n) is 13.0. The Bertz CT molecular complexity index is 844. The summed E-state index contributed by atoms with van der Waals surface area (Å²) < 4.78 is 0. The van der Waals surface area contributed by atoms with E-state index in [1.807, 2.05) is 24.3 Å². The van der Waals surface area contributed by atoms with Gasteiger partial charge in [0.1, 0.15) is 0 Å². The molecule has 0 aliphatic carbocycles. The van der Waals surface area contributed by atoms with Crippen LogP contribution in [0.3, 0.4) is 0 Å². The van der Waals surface area contributed by atoms with E-state index in [2.05, 4.69) is 48.5 Å². The predicted molar refractivity (Wildman–Crippen MR) is 97.1 cm³/mol. The van der Waals surface area contributed by atoms with Gasteiger partial charge in [-0.05, 0) is 23.3 Å². The minimum atomic E-state index is 0.715. The number of nitrogens with zero attached hydrogens (tertiary/aromatic N) is 2. The lowest BCUT2D eigenvalue weighted by molar-refractivity contribution is 0.504. The number of benzene rings is 2.